The number of hydrogen-bond donors (Lipinski definition) is 0. The summed E-state index contributed by atoms with van der Waals surface area (Å²) in [5.74, 6) is 0.878. The van der Waals surface area contributed by atoms with Crippen LogP contribution < -0.4 is 0 Å². The normalized spacial score (nSPS) is 12.8. The van der Waals surface area contributed by atoms with Crippen LogP contribution in [-0.4, -0.2) is 14.5 Å². The zero-order chi connectivity index (χ0) is 14.1. The zero-order valence-electron chi connectivity index (χ0n) is 10.9. The molecule has 2 heterocycles. The maximum Gasteiger partial charge on any atom is 0.128 e. The third-order valence-electron chi connectivity index (χ3n) is 3.16. The average molecular weight is 351 g/mol. The van der Waals surface area contributed by atoms with Crippen LogP contribution in [-0.2, 0) is 6.54 Å². The molecule has 1 unspecified atom stereocenters. The standard InChI is InChI=1S/C15H13BrClN3/c1-10(17)15-19-13-7-12(16)4-5-14(13)20(15)9-11-3-2-6-18-8-11/h2-8,10H,9H2,1H3. The summed E-state index contributed by atoms with van der Waals surface area (Å²) in [6, 6.07) is 10.1. The van der Waals surface area contributed by atoms with E-state index in [4.69, 9.17) is 11.6 Å². The minimum Gasteiger partial charge on any atom is -0.322 e. The molecule has 1 aromatic carbocycles. The molecule has 2 aromatic heterocycles. The largest absolute Gasteiger partial charge is 0.322 e. The van der Waals surface area contributed by atoms with Gasteiger partial charge >= 0.3 is 0 Å². The molecule has 5 heteroatoms. The quantitative estimate of drug-likeness (QED) is 0.649. The molecule has 3 rings (SSSR count). The van der Waals surface area contributed by atoms with Crippen LogP contribution in [0.15, 0.2) is 47.2 Å². The molecule has 0 aliphatic rings. The minimum atomic E-state index is -0.141. The Bertz CT molecular complexity index is 737. The van der Waals surface area contributed by atoms with E-state index in [-0.39, 0.29) is 5.38 Å². The van der Waals surface area contributed by atoms with Gasteiger partial charge in [0.2, 0.25) is 0 Å². The van der Waals surface area contributed by atoms with Crippen LogP contribution in [0, 0.1) is 0 Å². The van der Waals surface area contributed by atoms with Gasteiger partial charge in [-0.05, 0) is 36.8 Å². The van der Waals surface area contributed by atoms with E-state index >= 15 is 0 Å². The van der Waals surface area contributed by atoms with Crippen molar-refractivity contribution in [2.75, 3.05) is 0 Å². The summed E-state index contributed by atoms with van der Waals surface area (Å²) < 4.78 is 3.17. The van der Waals surface area contributed by atoms with Crippen molar-refractivity contribution in [2.45, 2.75) is 18.8 Å². The molecule has 3 aromatic rings. The second-order valence-electron chi connectivity index (χ2n) is 4.67. The molecule has 0 aliphatic carbocycles. The molecular weight excluding hydrogens is 338 g/mol. The van der Waals surface area contributed by atoms with Crippen molar-refractivity contribution in [3.63, 3.8) is 0 Å². The second-order valence-corrected chi connectivity index (χ2v) is 6.24. The first-order valence-electron chi connectivity index (χ1n) is 6.34. The molecule has 20 heavy (non-hydrogen) atoms. The highest BCUT2D eigenvalue weighted by atomic mass is 79.9. The van der Waals surface area contributed by atoms with Crippen molar-refractivity contribution >= 4 is 38.6 Å². The maximum absolute atomic E-state index is 6.28. The number of aromatic nitrogens is 3. The lowest BCUT2D eigenvalue weighted by Gasteiger charge is -2.10. The molecule has 0 bridgehead atoms. The minimum absolute atomic E-state index is 0.141. The summed E-state index contributed by atoms with van der Waals surface area (Å²) in [7, 11) is 0. The molecule has 0 aliphatic heterocycles. The molecule has 3 nitrogen and oxygen atoms in total. The van der Waals surface area contributed by atoms with Crippen molar-refractivity contribution < 1.29 is 0 Å². The van der Waals surface area contributed by atoms with E-state index in [2.05, 4.69) is 42.6 Å². The lowest BCUT2D eigenvalue weighted by Crippen LogP contribution is -2.05. The lowest BCUT2D eigenvalue weighted by molar-refractivity contribution is 0.740. The van der Waals surface area contributed by atoms with Crippen LogP contribution in [0.25, 0.3) is 11.0 Å². The summed E-state index contributed by atoms with van der Waals surface area (Å²) in [5, 5.41) is -0.141. The number of hydrogen-bond acceptors (Lipinski definition) is 2. The Morgan fingerprint density at radius 3 is 2.90 bits per heavy atom. The van der Waals surface area contributed by atoms with Gasteiger partial charge in [0.1, 0.15) is 5.82 Å². The molecular formula is C15H13BrClN3. The number of imidazole rings is 1. The highest BCUT2D eigenvalue weighted by Crippen LogP contribution is 2.27. The predicted octanol–water partition coefficient (Wildman–Crippen LogP) is 4.54. The Kier molecular flexibility index (Phi) is 3.76. The van der Waals surface area contributed by atoms with Crippen LogP contribution in [0.5, 0.6) is 0 Å². The van der Waals surface area contributed by atoms with Crippen LogP contribution in [0.3, 0.4) is 0 Å². The molecule has 102 valence electrons. The fraction of sp³-hybridized carbons (Fsp3) is 0.200. The van der Waals surface area contributed by atoms with E-state index < -0.39 is 0 Å². The third kappa shape index (κ3) is 2.58. The van der Waals surface area contributed by atoms with Crippen LogP contribution >= 0.6 is 27.5 Å². The average Bonchev–Trinajstić information content (AvgIpc) is 2.78. The summed E-state index contributed by atoms with van der Waals surface area (Å²) in [6.07, 6.45) is 3.64. The van der Waals surface area contributed by atoms with Gasteiger partial charge in [-0.2, -0.15) is 0 Å². The Morgan fingerprint density at radius 1 is 1.35 bits per heavy atom. The van der Waals surface area contributed by atoms with Crippen molar-refractivity contribution in [2.24, 2.45) is 0 Å². The summed E-state index contributed by atoms with van der Waals surface area (Å²) in [4.78, 5) is 8.81. The van der Waals surface area contributed by atoms with Gasteiger partial charge in [-0.25, -0.2) is 4.98 Å². The molecule has 0 saturated heterocycles. The molecule has 0 spiro atoms. The van der Waals surface area contributed by atoms with Crippen molar-refractivity contribution in [3.8, 4) is 0 Å². The van der Waals surface area contributed by atoms with Gasteiger partial charge < -0.3 is 4.57 Å². The monoisotopic (exact) mass is 349 g/mol. The van der Waals surface area contributed by atoms with Crippen molar-refractivity contribution in [3.05, 3.63) is 58.6 Å². The number of benzene rings is 1. The van der Waals surface area contributed by atoms with Gasteiger partial charge in [-0.1, -0.05) is 22.0 Å². The SMILES string of the molecule is CC(Cl)c1nc2cc(Br)ccc2n1Cc1cccnc1. The van der Waals surface area contributed by atoms with Gasteiger partial charge in [0.15, 0.2) is 0 Å². The maximum atomic E-state index is 6.28. The van der Waals surface area contributed by atoms with Gasteiger partial charge in [-0.3, -0.25) is 4.98 Å². The van der Waals surface area contributed by atoms with E-state index in [0.717, 1.165) is 33.4 Å². The molecule has 0 amide bonds. The first kappa shape index (κ1) is 13.6. The van der Waals surface area contributed by atoms with E-state index in [9.17, 15) is 0 Å². The zero-order valence-corrected chi connectivity index (χ0v) is 13.3. The Balaban J connectivity index is 2.14. The van der Waals surface area contributed by atoms with E-state index in [1.165, 1.54) is 0 Å². The molecule has 0 radical (unpaired) electrons. The number of rotatable bonds is 3. The molecule has 0 N–H and O–H groups in total. The highest BCUT2D eigenvalue weighted by Gasteiger charge is 2.15. The number of pyridine rings is 1. The highest BCUT2D eigenvalue weighted by molar-refractivity contribution is 9.10. The number of halogens is 2. The second kappa shape index (κ2) is 5.54. The fourth-order valence-corrected chi connectivity index (χ4v) is 2.78. The summed E-state index contributed by atoms with van der Waals surface area (Å²) in [6.45, 7) is 2.66. The Labute approximate surface area is 130 Å². The van der Waals surface area contributed by atoms with E-state index in [1.807, 2.05) is 31.3 Å². The van der Waals surface area contributed by atoms with Crippen molar-refractivity contribution in [1.82, 2.24) is 14.5 Å². The van der Waals surface area contributed by atoms with E-state index in [0.29, 0.717) is 0 Å². The van der Waals surface area contributed by atoms with E-state index in [1.54, 1.807) is 6.20 Å². The van der Waals surface area contributed by atoms with Gasteiger partial charge in [0, 0.05) is 16.9 Å². The smallest absolute Gasteiger partial charge is 0.128 e. The summed E-state index contributed by atoms with van der Waals surface area (Å²) >= 11 is 9.75. The third-order valence-corrected chi connectivity index (χ3v) is 3.85. The molecule has 0 saturated carbocycles. The van der Waals surface area contributed by atoms with Crippen LogP contribution in [0.1, 0.15) is 23.7 Å². The van der Waals surface area contributed by atoms with Crippen LogP contribution in [0.2, 0.25) is 0 Å². The number of fused-ring (bicyclic) bond motifs is 1. The van der Waals surface area contributed by atoms with Gasteiger partial charge in [-0.15, -0.1) is 11.6 Å². The predicted molar refractivity (Wildman–Crippen MR) is 85.0 cm³/mol. The topological polar surface area (TPSA) is 30.7 Å². The van der Waals surface area contributed by atoms with Crippen molar-refractivity contribution in [1.29, 1.82) is 0 Å². The Morgan fingerprint density at radius 2 is 2.20 bits per heavy atom. The van der Waals surface area contributed by atoms with Gasteiger partial charge in [0.05, 0.1) is 23.0 Å². The molecule has 0 fully saturated rings. The number of nitrogens with zero attached hydrogens (tertiary/aromatic N) is 3. The fourth-order valence-electron chi connectivity index (χ4n) is 2.27. The summed E-state index contributed by atoms with van der Waals surface area (Å²) in [5.41, 5.74) is 3.17. The van der Waals surface area contributed by atoms with Crippen LogP contribution in [0.4, 0.5) is 0 Å². The lowest BCUT2D eigenvalue weighted by atomic mass is 10.2. The first-order valence-corrected chi connectivity index (χ1v) is 7.57. The van der Waals surface area contributed by atoms with Gasteiger partial charge in [0.25, 0.3) is 0 Å². The first-order chi connectivity index (χ1) is 9.65. The molecule has 1 atom stereocenters. The Hall–Kier alpha value is -1.39. The number of alkyl halides is 1.